The van der Waals surface area contributed by atoms with E-state index < -0.39 is 16.0 Å². The summed E-state index contributed by atoms with van der Waals surface area (Å²) in [5.41, 5.74) is 0. The second kappa shape index (κ2) is 5.42. The summed E-state index contributed by atoms with van der Waals surface area (Å²) in [6.07, 6.45) is 0. The monoisotopic (exact) mass is 287 g/mol. The summed E-state index contributed by atoms with van der Waals surface area (Å²) in [6.45, 7) is 4.91. The molecule has 1 aromatic heterocycles. The van der Waals surface area contributed by atoms with Crippen LogP contribution in [0.5, 0.6) is 0 Å². The Morgan fingerprint density at radius 2 is 2.16 bits per heavy atom. The molecule has 19 heavy (non-hydrogen) atoms. The Balaban J connectivity index is 2.13. The third-order valence-electron chi connectivity index (χ3n) is 3.34. The molecule has 1 aliphatic heterocycles. The molecule has 0 aliphatic carbocycles. The summed E-state index contributed by atoms with van der Waals surface area (Å²) < 4.78 is 38.3. The lowest BCUT2D eigenvalue weighted by molar-refractivity contribution is 0.341. The number of piperazine rings is 1. The van der Waals surface area contributed by atoms with E-state index in [2.05, 4.69) is 4.98 Å². The Kier molecular flexibility index (Phi) is 4.05. The van der Waals surface area contributed by atoms with Crippen molar-refractivity contribution in [2.75, 3.05) is 30.3 Å². The third-order valence-corrected chi connectivity index (χ3v) is 5.19. The van der Waals surface area contributed by atoms with Crippen LogP contribution in [0.25, 0.3) is 0 Å². The number of hydrogen-bond donors (Lipinski definition) is 0. The standard InChI is InChI=1S/C12H18FN3O2S/c1-3-19(17,18)15-7-8-16(10(2)9-15)12-6-4-5-11(13)14-12/h4-6,10H,3,7-9H2,1-2H3. The van der Waals surface area contributed by atoms with Crippen molar-refractivity contribution < 1.29 is 12.8 Å². The molecule has 106 valence electrons. The van der Waals surface area contributed by atoms with Gasteiger partial charge in [-0.3, -0.25) is 0 Å². The Bertz CT molecular complexity index is 550. The number of pyridine rings is 1. The lowest BCUT2D eigenvalue weighted by Crippen LogP contribution is -2.54. The maximum atomic E-state index is 13.1. The van der Waals surface area contributed by atoms with Crippen LogP contribution in [0.15, 0.2) is 18.2 Å². The number of anilines is 1. The molecule has 0 saturated carbocycles. The van der Waals surface area contributed by atoms with Crippen molar-refractivity contribution in [1.29, 1.82) is 0 Å². The van der Waals surface area contributed by atoms with Gasteiger partial charge in [-0.2, -0.15) is 8.70 Å². The van der Waals surface area contributed by atoms with Crippen molar-refractivity contribution in [1.82, 2.24) is 9.29 Å². The van der Waals surface area contributed by atoms with E-state index in [-0.39, 0.29) is 11.8 Å². The molecule has 0 aromatic carbocycles. The molecule has 5 nitrogen and oxygen atoms in total. The summed E-state index contributed by atoms with van der Waals surface area (Å²) in [5.74, 6) is 0.146. The highest BCUT2D eigenvalue weighted by molar-refractivity contribution is 7.89. The quantitative estimate of drug-likeness (QED) is 0.781. The Morgan fingerprint density at radius 1 is 1.42 bits per heavy atom. The zero-order chi connectivity index (χ0) is 14.0. The highest BCUT2D eigenvalue weighted by Gasteiger charge is 2.30. The average Bonchev–Trinajstić information content (AvgIpc) is 2.38. The maximum absolute atomic E-state index is 13.1. The van der Waals surface area contributed by atoms with Crippen molar-refractivity contribution >= 4 is 15.8 Å². The summed E-state index contributed by atoms with van der Waals surface area (Å²) in [5, 5.41) is 0. The molecular formula is C12H18FN3O2S. The molecule has 0 amide bonds. The highest BCUT2D eigenvalue weighted by Crippen LogP contribution is 2.20. The first-order valence-electron chi connectivity index (χ1n) is 6.31. The van der Waals surface area contributed by atoms with Crippen LogP contribution >= 0.6 is 0 Å². The minimum atomic E-state index is -3.16. The smallest absolute Gasteiger partial charge is 0.214 e. The van der Waals surface area contributed by atoms with Crippen molar-refractivity contribution in [3.8, 4) is 0 Å². The molecule has 2 rings (SSSR count). The average molecular weight is 287 g/mol. The molecule has 1 fully saturated rings. The van der Waals surface area contributed by atoms with Gasteiger partial charge < -0.3 is 4.90 Å². The summed E-state index contributed by atoms with van der Waals surface area (Å²) in [4.78, 5) is 5.78. The van der Waals surface area contributed by atoms with Crippen molar-refractivity contribution in [2.24, 2.45) is 0 Å². The first kappa shape index (κ1) is 14.2. The molecule has 1 aromatic rings. The van der Waals surface area contributed by atoms with Gasteiger partial charge in [0.1, 0.15) is 5.82 Å². The second-order valence-corrected chi connectivity index (χ2v) is 6.88. The fraction of sp³-hybridized carbons (Fsp3) is 0.583. The predicted octanol–water partition coefficient (Wildman–Crippen LogP) is 1.08. The van der Waals surface area contributed by atoms with E-state index >= 15 is 0 Å². The van der Waals surface area contributed by atoms with E-state index in [0.29, 0.717) is 25.5 Å². The predicted molar refractivity (Wildman–Crippen MR) is 72.0 cm³/mol. The van der Waals surface area contributed by atoms with Gasteiger partial charge >= 0.3 is 0 Å². The second-order valence-electron chi connectivity index (χ2n) is 4.62. The van der Waals surface area contributed by atoms with Crippen molar-refractivity contribution in [3.63, 3.8) is 0 Å². The van der Waals surface area contributed by atoms with Gasteiger partial charge in [-0.25, -0.2) is 13.4 Å². The SMILES string of the molecule is CCS(=O)(=O)N1CCN(c2cccc(F)n2)C(C)C1. The van der Waals surface area contributed by atoms with Crippen molar-refractivity contribution in [3.05, 3.63) is 24.1 Å². The minimum Gasteiger partial charge on any atom is -0.351 e. The number of rotatable bonds is 3. The Morgan fingerprint density at radius 3 is 2.74 bits per heavy atom. The summed E-state index contributed by atoms with van der Waals surface area (Å²) in [6, 6.07) is 4.62. The summed E-state index contributed by atoms with van der Waals surface area (Å²) in [7, 11) is -3.16. The van der Waals surface area contributed by atoms with Crippen LogP contribution in [0, 0.1) is 5.95 Å². The summed E-state index contributed by atoms with van der Waals surface area (Å²) >= 11 is 0. The first-order valence-corrected chi connectivity index (χ1v) is 7.92. The maximum Gasteiger partial charge on any atom is 0.214 e. The van der Waals surface area contributed by atoms with Crippen LogP contribution in [0.4, 0.5) is 10.2 Å². The largest absolute Gasteiger partial charge is 0.351 e. The van der Waals surface area contributed by atoms with Crippen molar-refractivity contribution in [2.45, 2.75) is 19.9 Å². The number of halogens is 1. The zero-order valence-electron chi connectivity index (χ0n) is 11.1. The van der Waals surface area contributed by atoms with Gasteiger partial charge in [0.25, 0.3) is 0 Å². The first-order chi connectivity index (χ1) is 8.94. The number of sulfonamides is 1. The molecule has 1 saturated heterocycles. The van der Waals surface area contributed by atoms with Gasteiger partial charge in [-0.15, -0.1) is 0 Å². The van der Waals surface area contributed by atoms with E-state index in [1.807, 2.05) is 11.8 Å². The molecule has 1 atom stereocenters. The molecule has 0 spiro atoms. The van der Waals surface area contributed by atoms with E-state index in [0.717, 1.165) is 0 Å². The van der Waals surface area contributed by atoms with Crippen LogP contribution in [0.3, 0.4) is 0 Å². The van der Waals surface area contributed by atoms with E-state index in [1.54, 1.807) is 19.1 Å². The molecule has 7 heteroatoms. The molecule has 2 heterocycles. The van der Waals surface area contributed by atoms with Crippen LogP contribution < -0.4 is 4.90 Å². The lowest BCUT2D eigenvalue weighted by Gasteiger charge is -2.39. The normalized spacial score (nSPS) is 21.6. The highest BCUT2D eigenvalue weighted by atomic mass is 32.2. The molecule has 0 N–H and O–H groups in total. The van der Waals surface area contributed by atoms with Gasteiger partial charge in [-0.1, -0.05) is 6.07 Å². The fourth-order valence-corrected chi connectivity index (χ4v) is 3.43. The number of hydrogen-bond acceptors (Lipinski definition) is 4. The lowest BCUT2D eigenvalue weighted by atomic mass is 10.2. The Hall–Kier alpha value is -1.21. The van der Waals surface area contributed by atoms with E-state index in [1.165, 1.54) is 10.4 Å². The zero-order valence-corrected chi connectivity index (χ0v) is 11.9. The fourth-order valence-electron chi connectivity index (χ4n) is 2.26. The number of aromatic nitrogens is 1. The third kappa shape index (κ3) is 3.03. The van der Waals surface area contributed by atoms with Crippen LogP contribution in [0.1, 0.15) is 13.8 Å². The molecule has 1 aliphatic rings. The van der Waals surface area contributed by atoms with Gasteiger partial charge in [0.15, 0.2) is 0 Å². The number of nitrogens with zero attached hydrogens (tertiary/aromatic N) is 3. The van der Waals surface area contributed by atoms with Gasteiger partial charge in [0, 0.05) is 25.7 Å². The van der Waals surface area contributed by atoms with Crippen LogP contribution in [0.2, 0.25) is 0 Å². The van der Waals surface area contributed by atoms with E-state index in [4.69, 9.17) is 0 Å². The van der Waals surface area contributed by atoms with Crippen LogP contribution in [-0.4, -0.2) is 49.1 Å². The molecule has 0 radical (unpaired) electrons. The van der Waals surface area contributed by atoms with E-state index in [9.17, 15) is 12.8 Å². The molecular weight excluding hydrogens is 269 g/mol. The van der Waals surface area contributed by atoms with Crippen LogP contribution in [-0.2, 0) is 10.0 Å². The minimum absolute atomic E-state index is 0.0237. The topological polar surface area (TPSA) is 53.5 Å². The molecule has 0 bridgehead atoms. The Labute approximate surface area is 113 Å². The van der Waals surface area contributed by atoms with Gasteiger partial charge in [-0.05, 0) is 26.0 Å². The van der Waals surface area contributed by atoms with Gasteiger partial charge in [0.05, 0.1) is 5.75 Å². The molecule has 1 unspecified atom stereocenters. The van der Waals surface area contributed by atoms with Gasteiger partial charge in [0.2, 0.25) is 16.0 Å².